The van der Waals surface area contributed by atoms with E-state index in [2.05, 4.69) is 4.99 Å². The maximum absolute atomic E-state index is 11.8. The first-order valence-corrected chi connectivity index (χ1v) is 6.83. The summed E-state index contributed by atoms with van der Waals surface area (Å²) in [7, 11) is 0. The van der Waals surface area contributed by atoms with Gasteiger partial charge in [0.1, 0.15) is 11.5 Å². The lowest BCUT2D eigenvalue weighted by molar-refractivity contribution is -0.129. The molecule has 6 heteroatoms. The molecule has 1 aliphatic heterocycles. The third kappa shape index (κ3) is 2.86. The van der Waals surface area contributed by atoms with Gasteiger partial charge < -0.3 is 9.15 Å². The molecule has 0 saturated carbocycles. The Kier molecular flexibility index (Phi) is 3.57. The minimum atomic E-state index is -0.551. The van der Waals surface area contributed by atoms with Gasteiger partial charge in [0.05, 0.1) is 10.6 Å². The van der Waals surface area contributed by atoms with E-state index < -0.39 is 5.97 Å². The van der Waals surface area contributed by atoms with Gasteiger partial charge in [0.25, 0.3) is 0 Å². The molecule has 0 spiro atoms. The second-order valence-electron chi connectivity index (χ2n) is 4.41. The van der Waals surface area contributed by atoms with E-state index >= 15 is 0 Å². The zero-order valence-electron chi connectivity index (χ0n) is 10.9. The number of halogens is 2. The number of esters is 1. The summed E-state index contributed by atoms with van der Waals surface area (Å²) >= 11 is 11.9. The van der Waals surface area contributed by atoms with Crippen LogP contribution < -0.4 is 0 Å². The Morgan fingerprint density at radius 1 is 1.19 bits per heavy atom. The topological polar surface area (TPSA) is 51.8 Å². The number of rotatable bonds is 2. The Hall–Kier alpha value is -2.04. The highest BCUT2D eigenvalue weighted by Crippen LogP contribution is 2.26. The Morgan fingerprint density at radius 3 is 2.67 bits per heavy atom. The number of cyclic esters (lactones) is 1. The summed E-state index contributed by atoms with van der Waals surface area (Å²) in [5, 5.41) is 0.861. The highest BCUT2D eigenvalue weighted by atomic mass is 35.5. The lowest BCUT2D eigenvalue weighted by Gasteiger charge is -2.02. The van der Waals surface area contributed by atoms with Crippen molar-refractivity contribution in [2.24, 2.45) is 4.99 Å². The lowest BCUT2D eigenvalue weighted by atomic mass is 10.2. The molecular weight excluding hydrogens is 313 g/mol. The zero-order chi connectivity index (χ0) is 15.0. The minimum Gasteiger partial charge on any atom is -0.462 e. The number of furan rings is 1. The van der Waals surface area contributed by atoms with Crippen LogP contribution >= 0.6 is 23.2 Å². The van der Waals surface area contributed by atoms with Gasteiger partial charge in [-0.15, -0.1) is 0 Å². The molecule has 0 bridgehead atoms. The first kappa shape index (κ1) is 13.9. The molecule has 0 atom stereocenters. The zero-order valence-corrected chi connectivity index (χ0v) is 12.4. The van der Waals surface area contributed by atoms with E-state index in [0.717, 1.165) is 5.76 Å². The van der Waals surface area contributed by atoms with Gasteiger partial charge >= 0.3 is 5.97 Å². The quantitative estimate of drug-likeness (QED) is 0.614. The molecule has 0 amide bonds. The van der Waals surface area contributed by atoms with Crippen LogP contribution in [0.1, 0.15) is 17.1 Å². The van der Waals surface area contributed by atoms with Gasteiger partial charge in [-0.05, 0) is 37.3 Å². The second-order valence-corrected chi connectivity index (χ2v) is 5.25. The molecule has 106 valence electrons. The molecule has 21 heavy (non-hydrogen) atoms. The van der Waals surface area contributed by atoms with Gasteiger partial charge in [-0.25, -0.2) is 9.79 Å². The van der Waals surface area contributed by atoms with Crippen molar-refractivity contribution in [3.05, 3.63) is 63.2 Å². The third-order valence-electron chi connectivity index (χ3n) is 2.82. The highest BCUT2D eigenvalue weighted by Gasteiger charge is 2.26. The van der Waals surface area contributed by atoms with Crippen LogP contribution in [0.3, 0.4) is 0 Å². The Balaban J connectivity index is 1.97. The Bertz CT molecular complexity index is 790. The predicted octanol–water partition coefficient (Wildman–Crippen LogP) is 4.24. The number of ether oxygens (including phenoxy) is 1. The van der Waals surface area contributed by atoms with Crippen LogP contribution in [0.4, 0.5) is 0 Å². The van der Waals surface area contributed by atoms with Gasteiger partial charge in [0.2, 0.25) is 5.90 Å². The van der Waals surface area contributed by atoms with Crippen molar-refractivity contribution in [2.45, 2.75) is 6.92 Å². The van der Waals surface area contributed by atoms with Crippen LogP contribution in [-0.4, -0.2) is 11.9 Å². The molecule has 4 nitrogen and oxygen atoms in total. The average Bonchev–Trinajstić information content (AvgIpc) is 2.97. The summed E-state index contributed by atoms with van der Waals surface area (Å²) < 4.78 is 10.5. The molecule has 1 aromatic heterocycles. The molecule has 3 rings (SSSR count). The Labute approximate surface area is 130 Å². The summed E-state index contributed by atoms with van der Waals surface area (Å²) in [5.74, 6) is 0.881. The molecule has 1 aliphatic rings. The number of carbonyl (C=O) groups excluding carboxylic acids is 1. The van der Waals surface area contributed by atoms with Gasteiger partial charge in [-0.1, -0.05) is 23.2 Å². The third-order valence-corrected chi connectivity index (χ3v) is 3.37. The van der Waals surface area contributed by atoms with E-state index in [1.54, 1.807) is 30.3 Å². The van der Waals surface area contributed by atoms with Crippen molar-refractivity contribution in [3.63, 3.8) is 0 Å². The monoisotopic (exact) mass is 321 g/mol. The predicted molar refractivity (Wildman–Crippen MR) is 80.5 cm³/mol. The first-order chi connectivity index (χ1) is 10.0. The van der Waals surface area contributed by atoms with E-state index in [0.29, 0.717) is 21.4 Å². The number of benzene rings is 1. The SMILES string of the molecule is Cc1ccc(/C=C2/N=C(c3ccc(Cl)cc3Cl)OC2=O)o1. The summed E-state index contributed by atoms with van der Waals surface area (Å²) in [6, 6.07) is 8.41. The lowest BCUT2D eigenvalue weighted by Crippen LogP contribution is -2.05. The number of hydrogen-bond donors (Lipinski definition) is 0. The second kappa shape index (κ2) is 5.39. The normalized spacial score (nSPS) is 16.2. The molecule has 0 aliphatic carbocycles. The van der Waals surface area contributed by atoms with Gasteiger partial charge in [0.15, 0.2) is 5.70 Å². The van der Waals surface area contributed by atoms with Crippen molar-refractivity contribution in [1.29, 1.82) is 0 Å². The molecule has 0 fully saturated rings. The van der Waals surface area contributed by atoms with Crippen molar-refractivity contribution < 1.29 is 13.9 Å². The average molecular weight is 322 g/mol. The molecule has 1 aromatic carbocycles. The highest BCUT2D eigenvalue weighted by molar-refractivity contribution is 6.37. The number of aliphatic imine (C=N–C) groups is 1. The van der Waals surface area contributed by atoms with Crippen molar-refractivity contribution in [1.82, 2.24) is 0 Å². The molecule has 2 aromatic rings. The molecule has 0 radical (unpaired) electrons. The molecular formula is C15H9Cl2NO3. The summed E-state index contributed by atoms with van der Waals surface area (Å²) in [6.45, 7) is 1.82. The molecule has 0 saturated heterocycles. The first-order valence-electron chi connectivity index (χ1n) is 6.07. The van der Waals surface area contributed by atoms with Crippen molar-refractivity contribution in [3.8, 4) is 0 Å². The Morgan fingerprint density at radius 2 is 2.00 bits per heavy atom. The fourth-order valence-corrected chi connectivity index (χ4v) is 2.34. The fourth-order valence-electron chi connectivity index (χ4n) is 1.85. The van der Waals surface area contributed by atoms with Crippen LogP contribution in [0.25, 0.3) is 6.08 Å². The van der Waals surface area contributed by atoms with E-state index in [1.165, 1.54) is 6.08 Å². The smallest absolute Gasteiger partial charge is 0.363 e. The molecule has 2 heterocycles. The molecule has 0 N–H and O–H groups in total. The van der Waals surface area contributed by atoms with Gasteiger partial charge in [-0.3, -0.25) is 0 Å². The summed E-state index contributed by atoms with van der Waals surface area (Å²) in [6.07, 6.45) is 1.52. The molecule has 0 unspecified atom stereocenters. The minimum absolute atomic E-state index is 0.149. The largest absolute Gasteiger partial charge is 0.462 e. The van der Waals surface area contributed by atoms with Crippen LogP contribution in [0, 0.1) is 6.92 Å². The standard InChI is InChI=1S/C15H9Cl2NO3/c1-8-2-4-10(20-8)7-13-15(19)21-14(18-13)11-5-3-9(16)6-12(11)17/h2-7H,1H3/b13-7+. The van der Waals surface area contributed by atoms with Gasteiger partial charge in [0, 0.05) is 11.1 Å². The number of carbonyl (C=O) groups is 1. The summed E-state index contributed by atoms with van der Waals surface area (Å²) in [4.78, 5) is 16.0. The summed E-state index contributed by atoms with van der Waals surface area (Å²) in [5.41, 5.74) is 0.666. The van der Waals surface area contributed by atoms with Crippen molar-refractivity contribution >= 4 is 41.1 Å². The number of hydrogen-bond acceptors (Lipinski definition) is 4. The van der Waals surface area contributed by atoms with Crippen LogP contribution in [-0.2, 0) is 9.53 Å². The number of aryl methyl sites for hydroxylation is 1. The van der Waals surface area contributed by atoms with Crippen LogP contribution in [0.15, 0.2) is 45.4 Å². The van der Waals surface area contributed by atoms with Crippen LogP contribution in [0.5, 0.6) is 0 Å². The van der Waals surface area contributed by atoms with Gasteiger partial charge in [-0.2, -0.15) is 0 Å². The van der Waals surface area contributed by atoms with E-state index in [9.17, 15) is 4.79 Å². The van der Waals surface area contributed by atoms with E-state index in [1.807, 2.05) is 6.92 Å². The van der Waals surface area contributed by atoms with Crippen LogP contribution in [0.2, 0.25) is 10.0 Å². The van der Waals surface area contributed by atoms with E-state index in [-0.39, 0.29) is 11.6 Å². The van der Waals surface area contributed by atoms with E-state index in [4.69, 9.17) is 32.4 Å². The maximum Gasteiger partial charge on any atom is 0.363 e. The maximum atomic E-state index is 11.8. The van der Waals surface area contributed by atoms with Crippen molar-refractivity contribution in [2.75, 3.05) is 0 Å². The number of nitrogens with zero attached hydrogens (tertiary/aromatic N) is 1. The fraction of sp³-hybridized carbons (Fsp3) is 0.0667.